The average Bonchev–Trinajstić information content (AvgIpc) is 2.39. The first-order valence-electron chi connectivity index (χ1n) is 5.87. The molecule has 0 saturated carbocycles. The summed E-state index contributed by atoms with van der Waals surface area (Å²) in [6.45, 7) is 3.82. The van der Waals surface area contributed by atoms with Crippen LogP contribution in [0.5, 0.6) is 11.5 Å². The molecule has 0 saturated heterocycles. The van der Waals surface area contributed by atoms with E-state index in [0.29, 0.717) is 5.75 Å². The summed E-state index contributed by atoms with van der Waals surface area (Å²) < 4.78 is 6.59. The largest absolute Gasteiger partial charge is 0.450 e. The van der Waals surface area contributed by atoms with Crippen LogP contribution in [0.25, 0.3) is 0 Å². The molecule has 0 bridgehead atoms. The highest BCUT2D eigenvalue weighted by molar-refractivity contribution is 9.10. The van der Waals surface area contributed by atoms with E-state index in [-0.39, 0.29) is 21.5 Å². The molecule has 21 heavy (non-hydrogen) atoms. The van der Waals surface area contributed by atoms with E-state index in [9.17, 15) is 10.1 Å². The van der Waals surface area contributed by atoms with Gasteiger partial charge in [0.25, 0.3) is 0 Å². The number of nitro groups is 1. The van der Waals surface area contributed by atoms with Crippen molar-refractivity contribution in [2.75, 3.05) is 0 Å². The van der Waals surface area contributed by atoms with Crippen LogP contribution in [0, 0.1) is 24.0 Å². The molecule has 2 aromatic rings. The maximum Gasteiger partial charge on any atom is 0.313 e. The van der Waals surface area contributed by atoms with Gasteiger partial charge < -0.3 is 4.74 Å². The molecule has 0 aromatic heterocycles. The van der Waals surface area contributed by atoms with Crippen LogP contribution >= 0.6 is 39.1 Å². The molecule has 2 aromatic carbocycles. The number of benzene rings is 2. The van der Waals surface area contributed by atoms with E-state index in [4.69, 9.17) is 27.9 Å². The molecular weight excluding hydrogens is 381 g/mol. The smallest absolute Gasteiger partial charge is 0.313 e. The topological polar surface area (TPSA) is 52.4 Å². The third-order valence-corrected chi connectivity index (χ3v) is 4.81. The molecule has 7 heteroatoms. The molecule has 0 aliphatic carbocycles. The lowest BCUT2D eigenvalue weighted by atomic mass is 10.1. The van der Waals surface area contributed by atoms with Crippen molar-refractivity contribution >= 4 is 44.8 Å². The van der Waals surface area contributed by atoms with E-state index >= 15 is 0 Å². The van der Waals surface area contributed by atoms with Crippen LogP contribution in [0.2, 0.25) is 10.0 Å². The summed E-state index contributed by atoms with van der Waals surface area (Å²) in [5.41, 5.74) is 1.70. The maximum absolute atomic E-state index is 11.1. The molecule has 0 fully saturated rings. The number of rotatable bonds is 3. The first-order valence-corrected chi connectivity index (χ1v) is 7.42. The van der Waals surface area contributed by atoms with E-state index in [1.165, 1.54) is 12.1 Å². The molecule has 4 nitrogen and oxygen atoms in total. The summed E-state index contributed by atoms with van der Waals surface area (Å²) in [5.74, 6) is 0.546. The van der Waals surface area contributed by atoms with Crippen LogP contribution in [0.3, 0.4) is 0 Å². The summed E-state index contributed by atoms with van der Waals surface area (Å²) in [6, 6.07) is 6.08. The number of nitro benzene ring substituents is 1. The normalized spacial score (nSPS) is 10.5. The highest BCUT2D eigenvalue weighted by Gasteiger charge is 2.19. The van der Waals surface area contributed by atoms with Gasteiger partial charge in [0.1, 0.15) is 5.75 Å². The predicted octanol–water partition coefficient (Wildman–Crippen LogP) is 6.07. The summed E-state index contributed by atoms with van der Waals surface area (Å²) in [6.07, 6.45) is 0. The number of nitrogens with zero attached hydrogens (tertiary/aromatic N) is 1. The highest BCUT2D eigenvalue weighted by Crippen LogP contribution is 2.39. The van der Waals surface area contributed by atoms with Crippen molar-refractivity contribution in [1.29, 1.82) is 0 Å². The van der Waals surface area contributed by atoms with Gasteiger partial charge in [-0.15, -0.1) is 0 Å². The molecular formula is C14H10BrCl2NO3. The number of halogens is 3. The van der Waals surface area contributed by atoms with Crippen molar-refractivity contribution in [3.05, 3.63) is 60.0 Å². The Labute approximate surface area is 139 Å². The lowest BCUT2D eigenvalue weighted by molar-refractivity contribution is -0.385. The summed E-state index contributed by atoms with van der Waals surface area (Å²) >= 11 is 15.2. The van der Waals surface area contributed by atoms with Gasteiger partial charge in [-0.2, -0.15) is 0 Å². The minimum Gasteiger partial charge on any atom is -0.450 e. The Morgan fingerprint density at radius 1 is 1.10 bits per heavy atom. The van der Waals surface area contributed by atoms with Crippen LogP contribution in [0.4, 0.5) is 5.69 Å². The molecule has 2 rings (SSSR count). The molecule has 0 heterocycles. The third-order valence-electron chi connectivity index (χ3n) is 2.84. The zero-order valence-electron chi connectivity index (χ0n) is 11.1. The molecule has 0 aliphatic rings. The van der Waals surface area contributed by atoms with Gasteiger partial charge in [0.05, 0.1) is 15.0 Å². The lowest BCUT2D eigenvalue weighted by Crippen LogP contribution is -1.95. The van der Waals surface area contributed by atoms with E-state index in [0.717, 1.165) is 15.6 Å². The quantitative estimate of drug-likeness (QED) is 0.471. The van der Waals surface area contributed by atoms with Crippen LogP contribution in [-0.4, -0.2) is 4.92 Å². The van der Waals surface area contributed by atoms with Gasteiger partial charge in [-0.25, -0.2) is 0 Å². The van der Waals surface area contributed by atoms with Gasteiger partial charge in [0, 0.05) is 16.6 Å². The number of hydrogen-bond acceptors (Lipinski definition) is 3. The maximum atomic E-state index is 11.1. The lowest BCUT2D eigenvalue weighted by Gasteiger charge is -2.10. The zero-order valence-corrected chi connectivity index (χ0v) is 14.2. The Bertz CT molecular complexity index is 711. The number of hydrogen-bond donors (Lipinski definition) is 0. The van der Waals surface area contributed by atoms with Crippen molar-refractivity contribution in [3.63, 3.8) is 0 Å². The molecule has 0 atom stereocenters. The fraction of sp³-hybridized carbons (Fsp3) is 0.143. The van der Waals surface area contributed by atoms with Crippen LogP contribution in [0.1, 0.15) is 11.1 Å². The fourth-order valence-electron chi connectivity index (χ4n) is 1.83. The van der Waals surface area contributed by atoms with E-state index in [1.54, 1.807) is 12.1 Å². The monoisotopic (exact) mass is 389 g/mol. The van der Waals surface area contributed by atoms with Crippen molar-refractivity contribution in [1.82, 2.24) is 0 Å². The average molecular weight is 391 g/mol. The summed E-state index contributed by atoms with van der Waals surface area (Å²) in [4.78, 5) is 10.5. The number of ether oxygens (including phenoxy) is 1. The molecule has 0 radical (unpaired) electrons. The van der Waals surface area contributed by atoms with E-state index in [1.807, 2.05) is 13.8 Å². The van der Waals surface area contributed by atoms with Crippen LogP contribution in [0.15, 0.2) is 28.7 Å². The second-order valence-electron chi connectivity index (χ2n) is 4.46. The van der Waals surface area contributed by atoms with Crippen molar-refractivity contribution in [3.8, 4) is 11.5 Å². The second kappa shape index (κ2) is 6.22. The second-order valence-corrected chi connectivity index (χ2v) is 6.07. The Morgan fingerprint density at radius 3 is 2.14 bits per heavy atom. The fourth-order valence-corrected chi connectivity index (χ4v) is 2.38. The van der Waals surface area contributed by atoms with Gasteiger partial charge in [-0.3, -0.25) is 10.1 Å². The van der Waals surface area contributed by atoms with Crippen molar-refractivity contribution in [2.24, 2.45) is 0 Å². The highest BCUT2D eigenvalue weighted by atomic mass is 79.9. The Hall–Kier alpha value is -1.30. The minimum absolute atomic E-state index is 0.0514. The van der Waals surface area contributed by atoms with Crippen molar-refractivity contribution in [2.45, 2.75) is 13.8 Å². The van der Waals surface area contributed by atoms with Gasteiger partial charge in [0.2, 0.25) is 5.75 Å². The zero-order chi connectivity index (χ0) is 15.7. The molecule has 110 valence electrons. The molecule has 0 amide bonds. The predicted molar refractivity (Wildman–Crippen MR) is 86.8 cm³/mol. The van der Waals surface area contributed by atoms with Gasteiger partial charge in [-0.1, -0.05) is 39.1 Å². The van der Waals surface area contributed by atoms with Crippen molar-refractivity contribution < 1.29 is 9.66 Å². The van der Waals surface area contributed by atoms with E-state index in [2.05, 4.69) is 15.9 Å². The first-order chi connectivity index (χ1) is 9.79. The summed E-state index contributed by atoms with van der Waals surface area (Å²) in [7, 11) is 0. The van der Waals surface area contributed by atoms with E-state index < -0.39 is 4.92 Å². The standard InChI is InChI=1S/C14H10BrCl2NO3/c1-7-3-9(4-8(2)14(7)15)21-13-6-11(17)10(16)5-12(13)18(19)20/h3-6H,1-2H3. The third kappa shape index (κ3) is 3.48. The Kier molecular flexibility index (Phi) is 4.76. The summed E-state index contributed by atoms with van der Waals surface area (Å²) in [5, 5.41) is 11.4. The van der Waals surface area contributed by atoms with Gasteiger partial charge >= 0.3 is 5.69 Å². The molecule has 0 unspecified atom stereocenters. The van der Waals surface area contributed by atoms with Crippen LogP contribution < -0.4 is 4.74 Å². The first kappa shape index (κ1) is 16.1. The number of aryl methyl sites for hydroxylation is 2. The van der Waals surface area contributed by atoms with Crippen LogP contribution in [-0.2, 0) is 0 Å². The molecule has 0 aliphatic heterocycles. The Morgan fingerprint density at radius 2 is 1.62 bits per heavy atom. The molecule has 0 N–H and O–H groups in total. The van der Waals surface area contributed by atoms with Gasteiger partial charge in [-0.05, 0) is 37.1 Å². The Balaban J connectivity index is 2.48. The minimum atomic E-state index is -0.559. The van der Waals surface area contributed by atoms with Gasteiger partial charge in [0.15, 0.2) is 0 Å². The molecule has 0 spiro atoms. The SMILES string of the molecule is Cc1cc(Oc2cc(Cl)c(Cl)cc2[N+](=O)[O-])cc(C)c1Br.